The lowest BCUT2D eigenvalue weighted by molar-refractivity contribution is -0.119. The molecule has 1 aliphatic heterocycles. The molecule has 0 spiro atoms. The van der Waals surface area contributed by atoms with Crippen LogP contribution in [0.4, 0.5) is 4.39 Å². The second kappa shape index (κ2) is 5.07. The maximum atomic E-state index is 13.2. The molecule has 0 aliphatic carbocycles. The highest BCUT2D eigenvalue weighted by atomic mass is 19.1. The predicted molar refractivity (Wildman–Crippen MR) is 59.3 cm³/mol. The van der Waals surface area contributed by atoms with Crippen LogP contribution in [0.1, 0.15) is 18.4 Å². The van der Waals surface area contributed by atoms with Crippen molar-refractivity contribution in [3.63, 3.8) is 0 Å². The molecule has 1 unspecified atom stereocenters. The van der Waals surface area contributed by atoms with E-state index in [-0.39, 0.29) is 17.8 Å². The largest absolute Gasteiger partial charge is 0.352 e. The average Bonchev–Trinajstić information content (AvgIpc) is 2.67. The molecule has 0 bridgehead atoms. The van der Waals surface area contributed by atoms with E-state index in [9.17, 15) is 9.18 Å². The van der Waals surface area contributed by atoms with Crippen LogP contribution in [-0.4, -0.2) is 18.5 Å². The number of carbonyl (C=O) groups is 1. The topological polar surface area (TPSA) is 41.1 Å². The van der Waals surface area contributed by atoms with Crippen LogP contribution in [0.5, 0.6) is 0 Å². The highest BCUT2D eigenvalue weighted by Crippen LogP contribution is 2.07. The number of hydrogen-bond acceptors (Lipinski definition) is 2. The molecule has 86 valence electrons. The summed E-state index contributed by atoms with van der Waals surface area (Å²) in [4.78, 5) is 10.9. The Balaban J connectivity index is 1.76. The molecule has 4 heteroatoms. The minimum Gasteiger partial charge on any atom is -0.352 e. The van der Waals surface area contributed by atoms with Crippen LogP contribution >= 0.6 is 0 Å². The van der Waals surface area contributed by atoms with Gasteiger partial charge in [0.05, 0.1) is 0 Å². The molecule has 2 rings (SSSR count). The highest BCUT2D eigenvalue weighted by Gasteiger charge is 2.19. The van der Waals surface area contributed by atoms with Gasteiger partial charge in [0.25, 0.3) is 0 Å². The van der Waals surface area contributed by atoms with Crippen LogP contribution in [0, 0.1) is 5.82 Å². The first kappa shape index (κ1) is 11.1. The fourth-order valence-electron chi connectivity index (χ4n) is 1.85. The zero-order valence-corrected chi connectivity index (χ0v) is 9.00. The summed E-state index contributed by atoms with van der Waals surface area (Å²) in [6.07, 6.45) is 1.47. The van der Waals surface area contributed by atoms with Crippen LogP contribution in [-0.2, 0) is 11.3 Å². The summed E-state index contributed by atoms with van der Waals surface area (Å²) >= 11 is 0. The van der Waals surface area contributed by atoms with Crippen LogP contribution in [0.25, 0.3) is 0 Å². The summed E-state index contributed by atoms with van der Waals surface area (Å²) in [6.45, 7) is 1.19. The van der Waals surface area contributed by atoms with Crippen molar-refractivity contribution < 1.29 is 9.18 Å². The van der Waals surface area contributed by atoms with E-state index in [2.05, 4.69) is 10.6 Å². The molecule has 1 heterocycles. The summed E-state index contributed by atoms with van der Waals surface area (Å²) in [5.41, 5.74) is 0.659. The molecule has 3 nitrogen and oxygen atoms in total. The maximum Gasteiger partial charge on any atom is 0.220 e. The molecule has 1 atom stereocenters. The molecule has 1 amide bonds. The molecule has 0 radical (unpaired) electrons. The van der Waals surface area contributed by atoms with Gasteiger partial charge in [-0.15, -0.1) is 0 Å². The number of benzene rings is 1. The van der Waals surface area contributed by atoms with E-state index < -0.39 is 0 Å². The van der Waals surface area contributed by atoms with E-state index in [4.69, 9.17) is 0 Å². The number of rotatable bonds is 4. The van der Waals surface area contributed by atoms with E-state index in [1.165, 1.54) is 6.07 Å². The molecule has 0 aromatic heterocycles. The minimum absolute atomic E-state index is 0.109. The number of nitrogens with one attached hydrogen (secondary N) is 2. The van der Waals surface area contributed by atoms with Gasteiger partial charge >= 0.3 is 0 Å². The second-order valence-electron chi connectivity index (χ2n) is 4.03. The molecule has 1 aromatic rings. The lowest BCUT2D eigenvalue weighted by atomic mass is 10.2. The fourth-order valence-corrected chi connectivity index (χ4v) is 1.85. The van der Waals surface area contributed by atoms with Crippen LogP contribution in [0.3, 0.4) is 0 Å². The van der Waals surface area contributed by atoms with Gasteiger partial charge in [0.1, 0.15) is 5.82 Å². The van der Waals surface area contributed by atoms with Gasteiger partial charge in [0.15, 0.2) is 0 Å². The van der Waals surface area contributed by atoms with E-state index in [0.29, 0.717) is 25.1 Å². The standard InChI is InChI=1S/C12H15FN2O/c13-11-4-2-1-3-9(11)7-14-8-10-5-6-12(16)15-10/h1-4,10,14H,5-8H2,(H,15,16). The summed E-state index contributed by atoms with van der Waals surface area (Å²) in [6, 6.07) is 6.90. The van der Waals surface area contributed by atoms with Crippen molar-refractivity contribution in [1.82, 2.24) is 10.6 Å². The van der Waals surface area contributed by atoms with Gasteiger partial charge in [-0.25, -0.2) is 4.39 Å². The normalized spacial score (nSPS) is 19.8. The van der Waals surface area contributed by atoms with Crippen molar-refractivity contribution in [2.24, 2.45) is 0 Å². The molecular formula is C12H15FN2O. The average molecular weight is 222 g/mol. The molecule has 2 N–H and O–H groups in total. The molecule has 1 aliphatic rings. The fraction of sp³-hybridized carbons (Fsp3) is 0.417. The number of halogens is 1. The molecular weight excluding hydrogens is 207 g/mol. The Morgan fingerprint density at radius 3 is 2.94 bits per heavy atom. The van der Waals surface area contributed by atoms with Crippen LogP contribution in [0.2, 0.25) is 0 Å². The molecule has 16 heavy (non-hydrogen) atoms. The zero-order valence-electron chi connectivity index (χ0n) is 9.00. The third kappa shape index (κ3) is 2.79. The second-order valence-corrected chi connectivity index (χ2v) is 4.03. The molecule has 1 fully saturated rings. The van der Waals surface area contributed by atoms with Gasteiger partial charge in [-0.2, -0.15) is 0 Å². The van der Waals surface area contributed by atoms with E-state index >= 15 is 0 Å². The van der Waals surface area contributed by atoms with Crippen molar-refractivity contribution in [2.75, 3.05) is 6.54 Å². The van der Waals surface area contributed by atoms with Crippen molar-refractivity contribution in [2.45, 2.75) is 25.4 Å². The van der Waals surface area contributed by atoms with E-state index in [1.807, 2.05) is 6.07 Å². The maximum absolute atomic E-state index is 13.2. The zero-order chi connectivity index (χ0) is 11.4. The van der Waals surface area contributed by atoms with Gasteiger partial charge in [0.2, 0.25) is 5.91 Å². The Morgan fingerprint density at radius 1 is 1.44 bits per heavy atom. The number of carbonyl (C=O) groups excluding carboxylic acids is 1. The van der Waals surface area contributed by atoms with Crippen LogP contribution < -0.4 is 10.6 Å². The monoisotopic (exact) mass is 222 g/mol. The van der Waals surface area contributed by atoms with Crippen molar-refractivity contribution in [1.29, 1.82) is 0 Å². The Kier molecular flexibility index (Phi) is 3.51. The highest BCUT2D eigenvalue weighted by molar-refractivity contribution is 5.78. The van der Waals surface area contributed by atoms with Crippen molar-refractivity contribution in [3.05, 3.63) is 35.6 Å². The lowest BCUT2D eigenvalue weighted by Crippen LogP contribution is -2.35. The van der Waals surface area contributed by atoms with Gasteiger partial charge < -0.3 is 10.6 Å². The first-order chi connectivity index (χ1) is 7.75. The van der Waals surface area contributed by atoms with E-state index in [1.54, 1.807) is 12.1 Å². The minimum atomic E-state index is -0.189. The lowest BCUT2D eigenvalue weighted by Gasteiger charge is -2.11. The summed E-state index contributed by atoms with van der Waals surface area (Å²) in [5.74, 6) is -0.0804. The van der Waals surface area contributed by atoms with Gasteiger partial charge in [-0.3, -0.25) is 4.79 Å². The third-order valence-corrected chi connectivity index (χ3v) is 2.75. The molecule has 1 aromatic carbocycles. The van der Waals surface area contributed by atoms with Crippen molar-refractivity contribution >= 4 is 5.91 Å². The van der Waals surface area contributed by atoms with Gasteiger partial charge in [0, 0.05) is 31.1 Å². The SMILES string of the molecule is O=C1CCC(CNCc2ccccc2F)N1. The molecule has 1 saturated heterocycles. The van der Waals surface area contributed by atoms with Crippen molar-refractivity contribution in [3.8, 4) is 0 Å². The number of amides is 1. The molecule has 0 saturated carbocycles. The van der Waals surface area contributed by atoms with E-state index in [0.717, 1.165) is 6.42 Å². The summed E-state index contributed by atoms with van der Waals surface area (Å²) < 4.78 is 13.2. The third-order valence-electron chi connectivity index (χ3n) is 2.75. The smallest absolute Gasteiger partial charge is 0.220 e. The quantitative estimate of drug-likeness (QED) is 0.803. The Bertz CT molecular complexity index is 381. The Morgan fingerprint density at radius 2 is 2.25 bits per heavy atom. The van der Waals surface area contributed by atoms with Gasteiger partial charge in [-0.1, -0.05) is 18.2 Å². The Labute approximate surface area is 94.0 Å². The van der Waals surface area contributed by atoms with Gasteiger partial charge in [-0.05, 0) is 12.5 Å². The summed E-state index contributed by atoms with van der Waals surface area (Å²) in [7, 11) is 0. The van der Waals surface area contributed by atoms with Crippen LogP contribution in [0.15, 0.2) is 24.3 Å². The first-order valence-corrected chi connectivity index (χ1v) is 5.49. The number of hydrogen-bond donors (Lipinski definition) is 2. The first-order valence-electron chi connectivity index (χ1n) is 5.49. The summed E-state index contributed by atoms with van der Waals surface area (Å²) in [5, 5.41) is 6.01. The Hall–Kier alpha value is -1.42. The predicted octanol–water partition coefficient (Wildman–Crippen LogP) is 1.19.